The van der Waals surface area contributed by atoms with Gasteiger partial charge in [0.2, 0.25) is 5.82 Å². The number of rotatable bonds is 5. The van der Waals surface area contributed by atoms with Gasteiger partial charge in [-0.15, -0.1) is 10.2 Å². The van der Waals surface area contributed by atoms with Crippen molar-refractivity contribution in [1.82, 2.24) is 29.5 Å². The highest BCUT2D eigenvalue weighted by atomic mass is 35.5. The van der Waals surface area contributed by atoms with Gasteiger partial charge in [0.25, 0.3) is 5.91 Å². The topological polar surface area (TPSA) is 90.2 Å². The van der Waals surface area contributed by atoms with Gasteiger partial charge in [-0.1, -0.05) is 11.6 Å². The molecular weight excluding hydrogens is 404 g/mol. The Morgan fingerprint density at radius 1 is 1.20 bits per heavy atom. The molecule has 4 heterocycles. The summed E-state index contributed by atoms with van der Waals surface area (Å²) in [5.41, 5.74) is 2.75. The van der Waals surface area contributed by atoms with Crippen molar-refractivity contribution in [3.63, 3.8) is 0 Å². The minimum Gasteiger partial charge on any atom is -0.461 e. The van der Waals surface area contributed by atoms with E-state index in [1.165, 1.54) is 0 Å². The Bertz CT molecular complexity index is 1370. The first-order chi connectivity index (χ1) is 14.6. The van der Waals surface area contributed by atoms with Gasteiger partial charge in [-0.25, -0.2) is 4.98 Å². The molecule has 1 amide bonds. The Morgan fingerprint density at radius 2 is 2.10 bits per heavy atom. The molecule has 0 saturated heterocycles. The second kappa shape index (κ2) is 7.31. The summed E-state index contributed by atoms with van der Waals surface area (Å²) in [6, 6.07) is 12.7. The molecular formula is C21H17ClN6O2. The van der Waals surface area contributed by atoms with Crippen molar-refractivity contribution in [1.29, 1.82) is 0 Å². The van der Waals surface area contributed by atoms with Gasteiger partial charge in [0.1, 0.15) is 5.82 Å². The van der Waals surface area contributed by atoms with Crippen molar-refractivity contribution in [3.8, 4) is 11.6 Å². The van der Waals surface area contributed by atoms with Gasteiger partial charge in [-0.2, -0.15) is 0 Å². The van der Waals surface area contributed by atoms with Crippen molar-refractivity contribution in [2.75, 3.05) is 6.54 Å². The number of amides is 1. The molecule has 5 rings (SSSR count). The molecule has 8 nitrogen and oxygen atoms in total. The SMILES string of the molecule is Cn1c(CCNC(=O)c2cccn3c(-c4ccco4)nnc23)nc2ccc(Cl)cc21. The lowest BCUT2D eigenvalue weighted by molar-refractivity contribution is 0.0955. The first kappa shape index (κ1) is 18.4. The molecule has 0 aliphatic rings. The first-order valence-corrected chi connectivity index (χ1v) is 9.76. The van der Waals surface area contributed by atoms with Crippen molar-refractivity contribution in [2.45, 2.75) is 6.42 Å². The second-order valence-corrected chi connectivity index (χ2v) is 7.28. The summed E-state index contributed by atoms with van der Waals surface area (Å²) in [6.45, 7) is 0.434. The molecule has 0 aliphatic heterocycles. The standard InChI is InChI=1S/C21H17ClN6O2/c1-27-16-12-13(22)6-7-15(16)24-18(27)8-9-23-21(29)14-4-2-10-28-19(14)25-26-20(28)17-5-3-11-30-17/h2-7,10-12H,8-9H2,1H3,(H,23,29). The van der Waals surface area contributed by atoms with Crippen LogP contribution in [0.4, 0.5) is 0 Å². The number of furan rings is 1. The van der Waals surface area contributed by atoms with Crippen molar-refractivity contribution in [2.24, 2.45) is 7.05 Å². The zero-order chi connectivity index (χ0) is 20.7. The van der Waals surface area contributed by atoms with Gasteiger partial charge in [-0.05, 0) is 42.5 Å². The molecule has 30 heavy (non-hydrogen) atoms. The highest BCUT2D eigenvalue weighted by molar-refractivity contribution is 6.31. The van der Waals surface area contributed by atoms with E-state index in [-0.39, 0.29) is 5.91 Å². The first-order valence-electron chi connectivity index (χ1n) is 9.38. The highest BCUT2D eigenvalue weighted by Crippen LogP contribution is 2.21. The normalized spacial score (nSPS) is 11.4. The van der Waals surface area contributed by atoms with Gasteiger partial charge in [0.15, 0.2) is 11.4 Å². The number of hydrogen-bond donors (Lipinski definition) is 1. The lowest BCUT2D eigenvalue weighted by Crippen LogP contribution is -2.27. The third-order valence-electron chi connectivity index (χ3n) is 4.99. The second-order valence-electron chi connectivity index (χ2n) is 6.84. The van der Waals surface area contributed by atoms with E-state index in [0.717, 1.165) is 16.9 Å². The molecule has 1 N–H and O–H groups in total. The van der Waals surface area contributed by atoms with Crippen molar-refractivity contribution < 1.29 is 9.21 Å². The van der Waals surface area contributed by atoms with Gasteiger partial charge in [-0.3, -0.25) is 9.20 Å². The minimum atomic E-state index is -0.221. The molecule has 150 valence electrons. The van der Waals surface area contributed by atoms with E-state index < -0.39 is 0 Å². The van der Waals surface area contributed by atoms with Crippen LogP contribution < -0.4 is 5.32 Å². The maximum absolute atomic E-state index is 12.8. The quantitative estimate of drug-likeness (QED) is 0.470. The van der Waals surface area contributed by atoms with Gasteiger partial charge < -0.3 is 14.3 Å². The molecule has 0 aliphatic carbocycles. The summed E-state index contributed by atoms with van der Waals surface area (Å²) in [7, 11) is 1.94. The number of nitrogens with zero attached hydrogens (tertiary/aromatic N) is 5. The van der Waals surface area contributed by atoms with Crippen molar-refractivity contribution >= 4 is 34.2 Å². The minimum absolute atomic E-state index is 0.221. The number of carbonyl (C=O) groups is 1. The molecule has 0 saturated carbocycles. The summed E-state index contributed by atoms with van der Waals surface area (Å²) in [4.78, 5) is 17.4. The van der Waals surface area contributed by atoms with Gasteiger partial charge in [0, 0.05) is 31.2 Å². The van der Waals surface area contributed by atoms with Crippen LogP contribution in [-0.4, -0.2) is 36.6 Å². The average Bonchev–Trinajstić information content (AvgIpc) is 3.47. The number of pyridine rings is 1. The van der Waals surface area contributed by atoms with Crippen LogP contribution >= 0.6 is 11.6 Å². The van der Waals surface area contributed by atoms with E-state index in [9.17, 15) is 4.79 Å². The molecule has 5 aromatic rings. The number of benzene rings is 1. The van der Waals surface area contributed by atoms with Crippen LogP contribution in [0.3, 0.4) is 0 Å². The number of nitrogens with one attached hydrogen (secondary N) is 1. The van der Waals surface area contributed by atoms with Crippen LogP contribution in [0.5, 0.6) is 0 Å². The molecule has 0 spiro atoms. The Morgan fingerprint density at radius 3 is 2.93 bits per heavy atom. The van der Waals surface area contributed by atoms with E-state index in [2.05, 4.69) is 20.5 Å². The number of aromatic nitrogens is 5. The zero-order valence-corrected chi connectivity index (χ0v) is 16.8. The molecule has 1 aromatic carbocycles. The van der Waals surface area contributed by atoms with E-state index >= 15 is 0 Å². The lowest BCUT2D eigenvalue weighted by atomic mass is 10.2. The molecule has 0 bridgehead atoms. The molecule has 9 heteroatoms. The van der Waals surface area contributed by atoms with Crippen LogP contribution in [0.25, 0.3) is 28.3 Å². The number of aryl methyl sites for hydroxylation is 1. The molecule has 0 atom stereocenters. The Kier molecular flexibility index (Phi) is 4.48. The fourth-order valence-electron chi connectivity index (χ4n) is 3.49. The maximum atomic E-state index is 12.8. The molecule has 4 aromatic heterocycles. The number of imidazole rings is 1. The fraction of sp³-hybridized carbons (Fsp3) is 0.143. The van der Waals surface area contributed by atoms with Crippen LogP contribution in [0.15, 0.2) is 59.3 Å². The number of fused-ring (bicyclic) bond motifs is 2. The third kappa shape index (κ3) is 3.11. The van der Waals surface area contributed by atoms with Crippen LogP contribution in [0, 0.1) is 0 Å². The molecule has 0 radical (unpaired) electrons. The number of carbonyl (C=O) groups excluding carboxylic acids is 1. The summed E-state index contributed by atoms with van der Waals surface area (Å²) in [6.07, 6.45) is 3.96. The predicted octanol–water partition coefficient (Wildman–Crippen LogP) is 3.50. The summed E-state index contributed by atoms with van der Waals surface area (Å²) in [5, 5.41) is 12.0. The van der Waals surface area contributed by atoms with Gasteiger partial charge >= 0.3 is 0 Å². The van der Waals surface area contributed by atoms with Crippen LogP contribution in [0.1, 0.15) is 16.2 Å². The lowest BCUT2D eigenvalue weighted by Gasteiger charge is -2.07. The van der Waals surface area contributed by atoms with Crippen molar-refractivity contribution in [3.05, 3.63) is 71.3 Å². The zero-order valence-electron chi connectivity index (χ0n) is 16.0. The Balaban J connectivity index is 1.34. The Labute approximate surface area is 176 Å². The third-order valence-corrected chi connectivity index (χ3v) is 5.23. The summed E-state index contributed by atoms with van der Waals surface area (Å²) >= 11 is 6.08. The number of halogens is 1. The Hall–Kier alpha value is -3.65. The smallest absolute Gasteiger partial charge is 0.255 e. The van der Waals surface area contributed by atoms with Crippen LogP contribution in [0.2, 0.25) is 5.02 Å². The van der Waals surface area contributed by atoms with E-state index in [0.29, 0.717) is 40.8 Å². The molecule has 0 fully saturated rings. The van der Waals surface area contributed by atoms with Crippen LogP contribution in [-0.2, 0) is 13.5 Å². The van der Waals surface area contributed by atoms with E-state index in [4.69, 9.17) is 16.0 Å². The maximum Gasteiger partial charge on any atom is 0.255 e. The average molecular weight is 421 g/mol. The van der Waals surface area contributed by atoms with Gasteiger partial charge in [0.05, 0.1) is 22.9 Å². The van der Waals surface area contributed by atoms with E-state index in [1.54, 1.807) is 41.1 Å². The van der Waals surface area contributed by atoms with E-state index in [1.807, 2.05) is 29.8 Å². The molecule has 0 unspecified atom stereocenters. The summed E-state index contributed by atoms with van der Waals surface area (Å²) in [5.74, 6) is 1.78. The monoisotopic (exact) mass is 420 g/mol. The predicted molar refractivity (Wildman–Crippen MR) is 112 cm³/mol. The highest BCUT2D eigenvalue weighted by Gasteiger charge is 2.17. The largest absolute Gasteiger partial charge is 0.461 e. The fourth-order valence-corrected chi connectivity index (χ4v) is 3.65. The number of hydrogen-bond acceptors (Lipinski definition) is 5. The summed E-state index contributed by atoms with van der Waals surface area (Å²) < 4.78 is 9.13.